The molecule has 0 spiro atoms. The molecule has 1 amide bonds. The SMILES string of the molecule is COc1ccc(C(C)NC(=O)c2cc(C)n(C3CCCCC3)c2C)cc1OC. The van der Waals surface area contributed by atoms with Gasteiger partial charge in [0.2, 0.25) is 0 Å². The van der Waals surface area contributed by atoms with Crippen molar-refractivity contribution in [1.82, 2.24) is 9.88 Å². The van der Waals surface area contributed by atoms with Crippen LogP contribution in [0.1, 0.15) is 78.4 Å². The van der Waals surface area contributed by atoms with Crippen molar-refractivity contribution in [3.8, 4) is 11.5 Å². The van der Waals surface area contributed by atoms with Crippen LogP contribution >= 0.6 is 0 Å². The summed E-state index contributed by atoms with van der Waals surface area (Å²) in [5, 5.41) is 3.14. The van der Waals surface area contributed by atoms with E-state index in [0.29, 0.717) is 17.5 Å². The first-order valence-electron chi connectivity index (χ1n) is 10.2. The second kappa shape index (κ2) is 8.72. The predicted octanol–water partition coefficient (Wildman–Crippen LogP) is 5.12. The lowest BCUT2D eigenvalue weighted by Crippen LogP contribution is -2.27. The highest BCUT2D eigenvalue weighted by Crippen LogP contribution is 2.33. The van der Waals surface area contributed by atoms with E-state index >= 15 is 0 Å². The van der Waals surface area contributed by atoms with Crippen molar-refractivity contribution >= 4 is 5.91 Å². The largest absolute Gasteiger partial charge is 0.493 e. The zero-order valence-corrected chi connectivity index (χ0v) is 17.7. The summed E-state index contributed by atoms with van der Waals surface area (Å²) in [4.78, 5) is 13.0. The van der Waals surface area contributed by atoms with Crippen LogP contribution in [0.15, 0.2) is 24.3 Å². The summed E-state index contributed by atoms with van der Waals surface area (Å²) in [5.74, 6) is 1.31. The minimum atomic E-state index is -0.134. The highest BCUT2D eigenvalue weighted by molar-refractivity contribution is 5.96. The number of rotatable bonds is 6. The lowest BCUT2D eigenvalue weighted by Gasteiger charge is -2.26. The summed E-state index contributed by atoms with van der Waals surface area (Å²) in [6.45, 7) is 6.16. The monoisotopic (exact) mass is 384 g/mol. The number of aromatic nitrogens is 1. The molecule has 1 atom stereocenters. The van der Waals surface area contributed by atoms with Gasteiger partial charge < -0.3 is 19.4 Å². The molecule has 5 heteroatoms. The van der Waals surface area contributed by atoms with Crippen LogP contribution in [0.2, 0.25) is 0 Å². The second-order valence-corrected chi connectivity index (χ2v) is 7.76. The Balaban J connectivity index is 1.77. The van der Waals surface area contributed by atoms with Crippen molar-refractivity contribution < 1.29 is 14.3 Å². The van der Waals surface area contributed by atoms with Gasteiger partial charge in [-0.3, -0.25) is 4.79 Å². The third kappa shape index (κ3) is 4.03. The van der Waals surface area contributed by atoms with Gasteiger partial charge in [0, 0.05) is 17.4 Å². The van der Waals surface area contributed by atoms with E-state index in [9.17, 15) is 4.79 Å². The Morgan fingerprint density at radius 3 is 2.39 bits per heavy atom. The molecule has 0 saturated heterocycles. The molecule has 152 valence electrons. The van der Waals surface area contributed by atoms with E-state index in [-0.39, 0.29) is 11.9 Å². The van der Waals surface area contributed by atoms with E-state index in [4.69, 9.17) is 9.47 Å². The first-order valence-corrected chi connectivity index (χ1v) is 10.2. The molecule has 28 heavy (non-hydrogen) atoms. The van der Waals surface area contributed by atoms with Gasteiger partial charge in [0.1, 0.15) is 0 Å². The van der Waals surface area contributed by atoms with E-state index in [2.05, 4.69) is 23.7 Å². The number of methoxy groups -OCH3 is 2. The van der Waals surface area contributed by atoms with Crippen LogP contribution in [0.5, 0.6) is 11.5 Å². The molecule has 1 heterocycles. The number of amides is 1. The van der Waals surface area contributed by atoms with E-state index in [1.165, 1.54) is 37.8 Å². The Kier molecular flexibility index (Phi) is 6.32. The van der Waals surface area contributed by atoms with Gasteiger partial charge in [-0.1, -0.05) is 25.3 Å². The van der Waals surface area contributed by atoms with Crippen LogP contribution in [0.25, 0.3) is 0 Å². The average Bonchev–Trinajstić information content (AvgIpc) is 3.02. The van der Waals surface area contributed by atoms with Crippen molar-refractivity contribution in [2.75, 3.05) is 14.2 Å². The maximum Gasteiger partial charge on any atom is 0.253 e. The number of hydrogen-bond donors (Lipinski definition) is 1. The smallest absolute Gasteiger partial charge is 0.253 e. The molecule has 1 aliphatic rings. The van der Waals surface area contributed by atoms with Gasteiger partial charge in [0.25, 0.3) is 5.91 Å². The third-order valence-electron chi connectivity index (χ3n) is 5.92. The van der Waals surface area contributed by atoms with Crippen molar-refractivity contribution in [3.63, 3.8) is 0 Å². The molecule has 1 saturated carbocycles. The third-order valence-corrected chi connectivity index (χ3v) is 5.92. The molecule has 0 radical (unpaired) electrons. The molecular weight excluding hydrogens is 352 g/mol. The Morgan fingerprint density at radius 1 is 1.07 bits per heavy atom. The second-order valence-electron chi connectivity index (χ2n) is 7.76. The van der Waals surface area contributed by atoms with Crippen LogP contribution in [-0.2, 0) is 0 Å². The highest BCUT2D eigenvalue weighted by atomic mass is 16.5. The van der Waals surface area contributed by atoms with Gasteiger partial charge in [-0.25, -0.2) is 0 Å². The minimum Gasteiger partial charge on any atom is -0.493 e. The lowest BCUT2D eigenvalue weighted by atomic mass is 9.95. The molecule has 1 fully saturated rings. The number of hydrogen-bond acceptors (Lipinski definition) is 3. The molecule has 0 aliphatic heterocycles. The molecule has 1 N–H and O–H groups in total. The number of carbonyl (C=O) groups excluding carboxylic acids is 1. The summed E-state index contributed by atoms with van der Waals surface area (Å²) >= 11 is 0. The Bertz CT molecular complexity index is 835. The fourth-order valence-corrected chi connectivity index (χ4v) is 4.39. The summed E-state index contributed by atoms with van der Waals surface area (Å²) in [7, 11) is 3.23. The summed E-state index contributed by atoms with van der Waals surface area (Å²) < 4.78 is 13.0. The lowest BCUT2D eigenvalue weighted by molar-refractivity contribution is 0.0939. The number of aryl methyl sites for hydroxylation is 1. The molecule has 1 aromatic heterocycles. The maximum absolute atomic E-state index is 13.0. The quantitative estimate of drug-likeness (QED) is 0.752. The Morgan fingerprint density at radius 2 is 1.75 bits per heavy atom. The van der Waals surface area contributed by atoms with Crippen molar-refractivity contribution in [3.05, 3.63) is 46.8 Å². The first kappa shape index (κ1) is 20.3. The molecule has 1 aromatic carbocycles. The summed E-state index contributed by atoms with van der Waals surface area (Å²) in [5.41, 5.74) is 4.00. The van der Waals surface area contributed by atoms with Gasteiger partial charge >= 0.3 is 0 Å². The highest BCUT2D eigenvalue weighted by Gasteiger charge is 2.23. The predicted molar refractivity (Wildman–Crippen MR) is 111 cm³/mol. The van der Waals surface area contributed by atoms with Gasteiger partial charge in [0.05, 0.1) is 25.8 Å². The molecule has 0 bridgehead atoms. The van der Waals surface area contributed by atoms with Gasteiger partial charge in [-0.15, -0.1) is 0 Å². The van der Waals surface area contributed by atoms with E-state index in [1.807, 2.05) is 31.2 Å². The number of carbonyl (C=O) groups is 1. The molecule has 1 aliphatic carbocycles. The zero-order chi connectivity index (χ0) is 20.3. The van der Waals surface area contributed by atoms with Crippen LogP contribution in [-0.4, -0.2) is 24.7 Å². The topological polar surface area (TPSA) is 52.5 Å². The van der Waals surface area contributed by atoms with Crippen molar-refractivity contribution in [1.29, 1.82) is 0 Å². The summed E-state index contributed by atoms with van der Waals surface area (Å²) in [6.07, 6.45) is 6.30. The first-order chi connectivity index (χ1) is 13.5. The number of benzene rings is 1. The summed E-state index contributed by atoms with van der Waals surface area (Å²) in [6, 6.07) is 8.16. The van der Waals surface area contributed by atoms with Gasteiger partial charge in [-0.05, 0) is 57.4 Å². The van der Waals surface area contributed by atoms with E-state index in [1.54, 1.807) is 14.2 Å². The Labute approximate surface area is 168 Å². The minimum absolute atomic E-state index is 0.0301. The van der Waals surface area contributed by atoms with Crippen molar-refractivity contribution in [2.45, 2.75) is 65.0 Å². The van der Waals surface area contributed by atoms with E-state index in [0.717, 1.165) is 16.8 Å². The van der Waals surface area contributed by atoms with Gasteiger partial charge in [-0.2, -0.15) is 0 Å². The Hall–Kier alpha value is -2.43. The normalized spacial score (nSPS) is 15.9. The molecule has 5 nitrogen and oxygen atoms in total. The number of ether oxygens (including phenoxy) is 2. The van der Waals surface area contributed by atoms with Crippen LogP contribution in [0.4, 0.5) is 0 Å². The zero-order valence-electron chi connectivity index (χ0n) is 17.7. The molecular formula is C23H32N2O3. The van der Waals surface area contributed by atoms with Gasteiger partial charge in [0.15, 0.2) is 11.5 Å². The maximum atomic E-state index is 13.0. The van der Waals surface area contributed by atoms with Crippen LogP contribution in [0, 0.1) is 13.8 Å². The fraction of sp³-hybridized carbons (Fsp3) is 0.522. The average molecular weight is 385 g/mol. The standard InChI is InChI=1S/C23H32N2O3/c1-15-13-20(17(3)25(15)19-9-7-6-8-10-19)23(26)24-16(2)18-11-12-21(27-4)22(14-18)28-5/h11-14,16,19H,6-10H2,1-5H3,(H,24,26). The van der Waals surface area contributed by atoms with Crippen LogP contribution in [0.3, 0.4) is 0 Å². The molecule has 3 rings (SSSR count). The number of nitrogens with zero attached hydrogens (tertiary/aromatic N) is 1. The fourth-order valence-electron chi connectivity index (χ4n) is 4.39. The van der Waals surface area contributed by atoms with E-state index < -0.39 is 0 Å². The van der Waals surface area contributed by atoms with Crippen LogP contribution < -0.4 is 14.8 Å². The molecule has 2 aromatic rings. The van der Waals surface area contributed by atoms with Crippen molar-refractivity contribution in [2.24, 2.45) is 0 Å². The molecule has 1 unspecified atom stereocenters. The number of nitrogens with one attached hydrogen (secondary N) is 1.